The van der Waals surface area contributed by atoms with Gasteiger partial charge in [0, 0.05) is 49.0 Å². The molecule has 0 aromatic heterocycles. The summed E-state index contributed by atoms with van der Waals surface area (Å²) >= 11 is 6.26. The number of hydrogen-bond donors (Lipinski definition) is 1. The quantitative estimate of drug-likeness (QED) is 0.905. The zero-order valence-corrected chi connectivity index (χ0v) is 13.3. The molecule has 1 heterocycles. The molecule has 7 heteroatoms. The molecule has 0 aliphatic carbocycles. The second-order valence-corrected chi connectivity index (χ2v) is 7.31. The normalized spacial score (nSPS) is 17.4. The van der Waals surface area contributed by atoms with Crippen LogP contribution in [0.4, 0.5) is 5.69 Å². The van der Waals surface area contributed by atoms with Crippen molar-refractivity contribution in [3.63, 3.8) is 0 Å². The van der Waals surface area contributed by atoms with Gasteiger partial charge in [0.15, 0.2) is 0 Å². The molecule has 1 fully saturated rings. The van der Waals surface area contributed by atoms with E-state index in [-0.39, 0.29) is 0 Å². The number of anilines is 1. The highest BCUT2D eigenvalue weighted by atomic mass is 35.5. The third-order valence-electron chi connectivity index (χ3n) is 3.50. The molecule has 1 aliphatic rings. The van der Waals surface area contributed by atoms with Crippen molar-refractivity contribution in [1.29, 1.82) is 0 Å². The van der Waals surface area contributed by atoms with Gasteiger partial charge in [-0.1, -0.05) is 17.7 Å². The highest BCUT2D eigenvalue weighted by molar-refractivity contribution is 7.88. The van der Waals surface area contributed by atoms with Gasteiger partial charge in [0.05, 0.1) is 6.26 Å². The van der Waals surface area contributed by atoms with E-state index in [2.05, 4.69) is 10.2 Å². The van der Waals surface area contributed by atoms with Crippen LogP contribution >= 0.6 is 11.6 Å². The molecule has 0 saturated carbocycles. The minimum Gasteiger partial charge on any atom is -0.369 e. The van der Waals surface area contributed by atoms with Crippen LogP contribution in [-0.2, 0) is 16.6 Å². The van der Waals surface area contributed by atoms with Gasteiger partial charge in [0.2, 0.25) is 10.0 Å². The lowest BCUT2D eigenvalue weighted by Gasteiger charge is -2.36. The number of piperazine rings is 1. The lowest BCUT2D eigenvalue weighted by molar-refractivity contribution is 0.387. The van der Waals surface area contributed by atoms with Crippen LogP contribution in [0.3, 0.4) is 0 Å². The minimum absolute atomic E-state index is 0.518. The van der Waals surface area contributed by atoms with E-state index < -0.39 is 10.0 Å². The average molecular weight is 318 g/mol. The first-order valence-corrected chi connectivity index (χ1v) is 8.78. The SMILES string of the molecule is CNCc1c(Cl)cccc1N1CCN(S(C)(=O)=O)CC1. The molecule has 112 valence electrons. The molecule has 1 saturated heterocycles. The van der Waals surface area contributed by atoms with E-state index in [9.17, 15) is 8.42 Å². The molecular weight excluding hydrogens is 298 g/mol. The molecule has 0 bridgehead atoms. The zero-order chi connectivity index (χ0) is 14.8. The predicted octanol–water partition coefficient (Wildman–Crippen LogP) is 1.14. The topological polar surface area (TPSA) is 52.6 Å². The Labute approximate surface area is 125 Å². The van der Waals surface area contributed by atoms with E-state index in [1.54, 1.807) is 0 Å². The van der Waals surface area contributed by atoms with Gasteiger partial charge < -0.3 is 10.2 Å². The van der Waals surface area contributed by atoms with E-state index in [1.165, 1.54) is 10.6 Å². The van der Waals surface area contributed by atoms with Gasteiger partial charge >= 0.3 is 0 Å². The van der Waals surface area contributed by atoms with E-state index in [0.29, 0.717) is 32.7 Å². The number of benzene rings is 1. The van der Waals surface area contributed by atoms with Gasteiger partial charge in [-0.2, -0.15) is 4.31 Å². The summed E-state index contributed by atoms with van der Waals surface area (Å²) in [5.41, 5.74) is 2.14. The largest absolute Gasteiger partial charge is 0.369 e. The van der Waals surface area contributed by atoms with Crippen LogP contribution in [0.1, 0.15) is 5.56 Å². The molecule has 0 unspecified atom stereocenters. The Bertz CT molecular complexity index is 569. The summed E-state index contributed by atoms with van der Waals surface area (Å²) in [5, 5.41) is 3.86. The first kappa shape index (κ1) is 15.6. The summed E-state index contributed by atoms with van der Waals surface area (Å²) < 4.78 is 24.6. The Kier molecular flexibility index (Phi) is 4.90. The average Bonchev–Trinajstić information content (AvgIpc) is 2.40. The van der Waals surface area contributed by atoms with Crippen molar-refractivity contribution in [3.05, 3.63) is 28.8 Å². The summed E-state index contributed by atoms with van der Waals surface area (Å²) in [7, 11) is -1.21. The molecule has 0 amide bonds. The predicted molar refractivity (Wildman–Crippen MR) is 82.8 cm³/mol. The lowest BCUT2D eigenvalue weighted by Crippen LogP contribution is -2.48. The second-order valence-electron chi connectivity index (χ2n) is 4.92. The maximum Gasteiger partial charge on any atom is 0.211 e. The summed E-state index contributed by atoms with van der Waals surface area (Å²) in [6, 6.07) is 5.85. The maximum absolute atomic E-state index is 11.5. The summed E-state index contributed by atoms with van der Waals surface area (Å²) in [6.07, 6.45) is 1.26. The first-order chi connectivity index (χ1) is 9.43. The Morgan fingerprint density at radius 1 is 1.25 bits per heavy atom. The number of sulfonamides is 1. The fraction of sp³-hybridized carbons (Fsp3) is 0.538. The first-order valence-electron chi connectivity index (χ1n) is 6.55. The van der Waals surface area contributed by atoms with Gasteiger partial charge in [0.25, 0.3) is 0 Å². The highest BCUT2D eigenvalue weighted by Crippen LogP contribution is 2.28. The Balaban J connectivity index is 2.17. The Morgan fingerprint density at radius 3 is 2.45 bits per heavy atom. The van der Waals surface area contributed by atoms with Crippen molar-refractivity contribution in [1.82, 2.24) is 9.62 Å². The van der Waals surface area contributed by atoms with E-state index in [4.69, 9.17) is 11.6 Å². The third-order valence-corrected chi connectivity index (χ3v) is 5.15. The van der Waals surface area contributed by atoms with Crippen LogP contribution < -0.4 is 10.2 Å². The fourth-order valence-electron chi connectivity index (χ4n) is 2.46. The van der Waals surface area contributed by atoms with E-state index >= 15 is 0 Å². The monoisotopic (exact) mass is 317 g/mol. The number of nitrogens with one attached hydrogen (secondary N) is 1. The van der Waals surface area contributed by atoms with Gasteiger partial charge in [-0.3, -0.25) is 0 Å². The third kappa shape index (κ3) is 3.44. The number of hydrogen-bond acceptors (Lipinski definition) is 4. The van der Waals surface area contributed by atoms with Crippen molar-refractivity contribution in [2.24, 2.45) is 0 Å². The van der Waals surface area contributed by atoms with Crippen molar-refractivity contribution in [2.45, 2.75) is 6.54 Å². The number of nitrogens with zero attached hydrogens (tertiary/aromatic N) is 2. The van der Waals surface area contributed by atoms with Crippen molar-refractivity contribution >= 4 is 27.3 Å². The van der Waals surface area contributed by atoms with Crippen molar-refractivity contribution in [3.8, 4) is 0 Å². The smallest absolute Gasteiger partial charge is 0.211 e. The second kappa shape index (κ2) is 6.30. The van der Waals surface area contributed by atoms with E-state index in [1.807, 2.05) is 25.2 Å². The Morgan fingerprint density at radius 2 is 1.90 bits per heavy atom. The van der Waals surface area contributed by atoms with Crippen LogP contribution in [-0.4, -0.2) is 52.2 Å². The maximum atomic E-state index is 11.5. The van der Waals surface area contributed by atoms with Gasteiger partial charge in [0.1, 0.15) is 0 Å². The minimum atomic E-state index is -3.09. The van der Waals surface area contributed by atoms with Crippen LogP contribution in [0.2, 0.25) is 5.02 Å². The molecule has 0 radical (unpaired) electrons. The Hall–Kier alpha value is -0.820. The van der Waals surface area contributed by atoms with Gasteiger partial charge in [-0.05, 0) is 19.2 Å². The van der Waals surface area contributed by atoms with Crippen molar-refractivity contribution in [2.75, 3.05) is 44.4 Å². The van der Waals surface area contributed by atoms with Crippen LogP contribution in [0, 0.1) is 0 Å². The lowest BCUT2D eigenvalue weighted by atomic mass is 10.1. The zero-order valence-electron chi connectivity index (χ0n) is 11.8. The summed E-state index contributed by atoms with van der Waals surface area (Å²) in [5.74, 6) is 0. The van der Waals surface area contributed by atoms with Gasteiger partial charge in [-0.25, -0.2) is 8.42 Å². The highest BCUT2D eigenvalue weighted by Gasteiger charge is 2.24. The fourth-order valence-corrected chi connectivity index (χ4v) is 3.52. The molecule has 2 rings (SSSR count). The van der Waals surface area contributed by atoms with Crippen molar-refractivity contribution < 1.29 is 8.42 Å². The van der Waals surface area contributed by atoms with Crippen LogP contribution in [0.25, 0.3) is 0 Å². The molecule has 1 aromatic carbocycles. The molecule has 5 nitrogen and oxygen atoms in total. The summed E-state index contributed by atoms with van der Waals surface area (Å²) in [4.78, 5) is 2.19. The molecule has 0 atom stereocenters. The number of rotatable bonds is 4. The van der Waals surface area contributed by atoms with Gasteiger partial charge in [-0.15, -0.1) is 0 Å². The molecular formula is C13H20ClN3O2S. The molecule has 1 aromatic rings. The van der Waals surface area contributed by atoms with E-state index in [0.717, 1.165) is 16.3 Å². The number of halogens is 1. The standard InChI is InChI=1S/C13H20ClN3O2S/c1-15-10-11-12(14)4-3-5-13(11)16-6-8-17(9-7-16)20(2,18)19/h3-5,15H,6-10H2,1-2H3. The van der Waals surface area contributed by atoms with Crippen LogP contribution in [0.15, 0.2) is 18.2 Å². The molecule has 1 N–H and O–H groups in total. The van der Waals surface area contributed by atoms with Crippen LogP contribution in [0.5, 0.6) is 0 Å². The molecule has 1 aliphatic heterocycles. The molecule has 0 spiro atoms. The molecule has 20 heavy (non-hydrogen) atoms. The summed E-state index contributed by atoms with van der Waals surface area (Å²) in [6.45, 7) is 3.10.